The molecule has 0 aromatic heterocycles. The summed E-state index contributed by atoms with van der Waals surface area (Å²) in [7, 11) is -3.86. The van der Waals surface area contributed by atoms with Crippen molar-refractivity contribution in [2.24, 2.45) is 5.92 Å². The van der Waals surface area contributed by atoms with E-state index >= 15 is 0 Å². The molecule has 11 heteroatoms. The monoisotopic (exact) mass is 622 g/mol. The van der Waals surface area contributed by atoms with Gasteiger partial charge < -0.3 is 14.7 Å². The van der Waals surface area contributed by atoms with Crippen LogP contribution in [0, 0.1) is 5.92 Å². The summed E-state index contributed by atoms with van der Waals surface area (Å²) in [5.41, 5.74) is 2.59. The van der Waals surface area contributed by atoms with Gasteiger partial charge >= 0.3 is 0 Å². The Hall–Kier alpha value is -2.14. The first kappa shape index (κ1) is 27.4. The Morgan fingerprint density at radius 3 is 2.47 bits per heavy atom. The molecule has 38 heavy (non-hydrogen) atoms. The van der Waals surface area contributed by atoms with Crippen molar-refractivity contribution in [1.82, 2.24) is 9.21 Å². The Labute approximate surface area is 237 Å². The van der Waals surface area contributed by atoms with Crippen molar-refractivity contribution in [3.63, 3.8) is 0 Å². The van der Waals surface area contributed by atoms with Gasteiger partial charge in [0.2, 0.25) is 21.8 Å². The Kier molecular flexibility index (Phi) is 8.05. The van der Waals surface area contributed by atoms with E-state index in [-0.39, 0.29) is 29.2 Å². The second kappa shape index (κ2) is 11.2. The van der Waals surface area contributed by atoms with Gasteiger partial charge in [-0.05, 0) is 65.0 Å². The molecule has 2 aromatic rings. The molecule has 0 saturated carbocycles. The van der Waals surface area contributed by atoms with Crippen LogP contribution in [-0.2, 0) is 26.0 Å². The number of para-hydroxylation sites is 1. The molecule has 3 aliphatic rings. The normalized spacial score (nSPS) is 20.5. The van der Waals surface area contributed by atoms with Gasteiger partial charge in [0, 0.05) is 62.4 Å². The summed E-state index contributed by atoms with van der Waals surface area (Å²) in [5, 5.41) is 0.695. The molecule has 3 heterocycles. The van der Waals surface area contributed by atoms with Gasteiger partial charge in [-0.15, -0.1) is 0 Å². The largest absolute Gasteiger partial charge is 0.367 e. The van der Waals surface area contributed by atoms with Gasteiger partial charge in [0.1, 0.15) is 0 Å². The third kappa shape index (κ3) is 5.20. The molecule has 1 atom stereocenters. The maximum Gasteiger partial charge on any atom is 0.244 e. The first-order valence-electron chi connectivity index (χ1n) is 13.1. The summed E-state index contributed by atoms with van der Waals surface area (Å²) < 4.78 is 29.5. The van der Waals surface area contributed by atoms with Crippen molar-refractivity contribution in [3.05, 3.63) is 51.5 Å². The quantitative estimate of drug-likeness (QED) is 0.500. The number of carbonyl (C=O) groups excluding carboxylic acids is 2. The van der Waals surface area contributed by atoms with Gasteiger partial charge in [-0.3, -0.25) is 9.59 Å². The van der Waals surface area contributed by atoms with E-state index in [9.17, 15) is 18.0 Å². The fourth-order valence-corrected chi connectivity index (χ4v) is 8.52. The van der Waals surface area contributed by atoms with E-state index in [0.717, 1.165) is 11.3 Å². The van der Waals surface area contributed by atoms with E-state index in [1.54, 1.807) is 17.9 Å². The van der Waals surface area contributed by atoms with E-state index in [0.29, 0.717) is 80.1 Å². The maximum atomic E-state index is 13.8. The number of piperazine rings is 1. The van der Waals surface area contributed by atoms with Crippen LogP contribution in [0.5, 0.6) is 0 Å². The van der Waals surface area contributed by atoms with Crippen LogP contribution in [-0.4, -0.2) is 75.3 Å². The number of benzene rings is 2. The molecule has 0 N–H and O–H groups in total. The molecular weight excluding hydrogens is 592 g/mol. The molecular formula is C27H32BrClN4O4S. The fourth-order valence-electron chi connectivity index (χ4n) is 5.67. The number of fused-ring (bicyclic) bond motifs is 1. The number of nitrogens with zero attached hydrogens (tertiary/aromatic N) is 4. The lowest BCUT2D eigenvalue weighted by atomic mass is 9.97. The lowest BCUT2D eigenvalue weighted by molar-refractivity contribution is -0.137. The summed E-state index contributed by atoms with van der Waals surface area (Å²) in [6.45, 7) is 5.40. The highest BCUT2D eigenvalue weighted by molar-refractivity contribution is 9.10. The number of piperidine rings is 1. The second-order valence-electron chi connectivity index (χ2n) is 10.0. The number of anilines is 2. The minimum Gasteiger partial charge on any atom is -0.367 e. The van der Waals surface area contributed by atoms with E-state index in [2.05, 4.69) is 20.8 Å². The molecule has 2 aromatic carbocycles. The molecule has 0 spiro atoms. The minimum atomic E-state index is -3.86. The van der Waals surface area contributed by atoms with Gasteiger partial charge in [0.25, 0.3) is 0 Å². The molecule has 2 amide bonds. The van der Waals surface area contributed by atoms with Crippen LogP contribution < -0.4 is 9.80 Å². The molecule has 204 valence electrons. The average molecular weight is 624 g/mol. The third-order valence-electron chi connectivity index (χ3n) is 7.77. The van der Waals surface area contributed by atoms with E-state index in [1.807, 2.05) is 35.2 Å². The summed E-state index contributed by atoms with van der Waals surface area (Å²) in [6, 6.07) is 11.1. The zero-order valence-corrected chi connectivity index (χ0v) is 24.6. The van der Waals surface area contributed by atoms with Crippen LogP contribution in [0.4, 0.5) is 11.4 Å². The molecule has 0 aliphatic carbocycles. The summed E-state index contributed by atoms with van der Waals surface area (Å²) >= 11 is 9.82. The van der Waals surface area contributed by atoms with Gasteiger partial charge in [-0.2, -0.15) is 4.31 Å². The number of halogens is 2. The number of rotatable bonds is 5. The first-order valence-corrected chi connectivity index (χ1v) is 15.7. The maximum absolute atomic E-state index is 13.8. The molecule has 1 unspecified atom stereocenters. The number of hydrogen-bond acceptors (Lipinski definition) is 5. The Bertz CT molecular complexity index is 1350. The van der Waals surface area contributed by atoms with Crippen molar-refractivity contribution < 1.29 is 18.0 Å². The summed E-state index contributed by atoms with van der Waals surface area (Å²) in [6.07, 6.45) is 2.35. The van der Waals surface area contributed by atoms with Crippen molar-refractivity contribution in [1.29, 1.82) is 0 Å². The van der Waals surface area contributed by atoms with Gasteiger partial charge in [-0.1, -0.05) is 30.7 Å². The molecule has 0 radical (unpaired) electrons. The fraction of sp³-hybridized carbons (Fsp3) is 0.481. The highest BCUT2D eigenvalue weighted by Crippen LogP contribution is 2.38. The Balaban J connectivity index is 1.28. The SMILES string of the molecule is CCC(=O)N1CCc2cc(Br)c(S(=O)(=O)N3CCCC(C(=O)N4CCN(c5ccccc5Cl)CC4)C3)cc21. The minimum absolute atomic E-state index is 0.0106. The predicted octanol–water partition coefficient (Wildman–Crippen LogP) is 4.15. The smallest absolute Gasteiger partial charge is 0.244 e. The Morgan fingerprint density at radius 1 is 1.03 bits per heavy atom. The van der Waals surface area contributed by atoms with Crippen LogP contribution in [0.25, 0.3) is 0 Å². The average Bonchev–Trinajstić information content (AvgIpc) is 3.35. The van der Waals surface area contributed by atoms with Crippen LogP contribution in [0.3, 0.4) is 0 Å². The highest BCUT2D eigenvalue weighted by atomic mass is 79.9. The van der Waals surface area contributed by atoms with Gasteiger partial charge in [0.15, 0.2) is 0 Å². The third-order valence-corrected chi connectivity index (χ3v) is 10.9. The topological polar surface area (TPSA) is 81.2 Å². The van der Waals surface area contributed by atoms with E-state index < -0.39 is 10.0 Å². The van der Waals surface area contributed by atoms with Crippen molar-refractivity contribution in [3.8, 4) is 0 Å². The molecule has 2 fully saturated rings. The van der Waals surface area contributed by atoms with E-state index in [1.165, 1.54) is 4.31 Å². The number of hydrogen-bond donors (Lipinski definition) is 0. The number of amides is 2. The van der Waals surface area contributed by atoms with E-state index in [4.69, 9.17) is 11.6 Å². The number of sulfonamides is 1. The summed E-state index contributed by atoms with van der Waals surface area (Å²) in [5.74, 6) is -0.388. The van der Waals surface area contributed by atoms with Crippen molar-refractivity contribution >= 4 is 60.7 Å². The zero-order chi connectivity index (χ0) is 27.0. The predicted molar refractivity (Wildman–Crippen MR) is 152 cm³/mol. The molecule has 0 bridgehead atoms. The van der Waals surface area contributed by atoms with Crippen LogP contribution in [0.1, 0.15) is 31.7 Å². The highest BCUT2D eigenvalue weighted by Gasteiger charge is 2.38. The second-order valence-corrected chi connectivity index (χ2v) is 13.2. The first-order chi connectivity index (χ1) is 18.2. The van der Waals surface area contributed by atoms with Gasteiger partial charge in [-0.25, -0.2) is 8.42 Å². The molecule has 2 saturated heterocycles. The molecule has 5 rings (SSSR count). The molecule has 3 aliphatic heterocycles. The Morgan fingerprint density at radius 2 is 1.76 bits per heavy atom. The lowest BCUT2D eigenvalue weighted by Crippen LogP contribution is -2.53. The molecule has 8 nitrogen and oxygen atoms in total. The standard InChI is InChI=1S/C27H32BrClN4O4S/c1-2-26(34)33-11-9-19-16-21(28)25(17-24(19)33)38(36,37)32-10-5-6-20(18-32)27(35)31-14-12-30(13-15-31)23-8-4-3-7-22(23)29/h3-4,7-8,16-17,20H,2,5-6,9-15,18H2,1H3. The summed E-state index contributed by atoms with van der Waals surface area (Å²) in [4.78, 5) is 31.7. The van der Waals surface area contributed by atoms with Crippen LogP contribution in [0.2, 0.25) is 5.02 Å². The van der Waals surface area contributed by atoms with Crippen molar-refractivity contribution in [2.45, 2.75) is 37.5 Å². The van der Waals surface area contributed by atoms with Crippen LogP contribution in [0.15, 0.2) is 45.8 Å². The number of carbonyl (C=O) groups is 2. The van der Waals surface area contributed by atoms with Crippen molar-refractivity contribution in [2.75, 3.05) is 55.6 Å². The van der Waals surface area contributed by atoms with Crippen LogP contribution >= 0.6 is 27.5 Å². The zero-order valence-electron chi connectivity index (χ0n) is 21.4. The van der Waals surface area contributed by atoms with Gasteiger partial charge in [0.05, 0.1) is 21.5 Å². The lowest BCUT2D eigenvalue weighted by Gasteiger charge is -2.39.